The molecular weight excluding hydrogens is 324 g/mol. The second-order valence-electron chi connectivity index (χ2n) is 7.43. The molecule has 0 amide bonds. The van der Waals surface area contributed by atoms with E-state index in [-0.39, 0.29) is 18.1 Å². The van der Waals surface area contributed by atoms with Gasteiger partial charge < -0.3 is 4.74 Å². The molecule has 2 bridgehead atoms. The SMILES string of the molecule is C=CC1CN2CCC1CC2C(OC(=O)CC)c1ccnc2ccccc12. The number of piperidine rings is 3. The minimum absolute atomic E-state index is 0.140. The maximum atomic E-state index is 12.2. The molecule has 5 rings (SSSR count). The van der Waals surface area contributed by atoms with E-state index in [9.17, 15) is 4.79 Å². The summed E-state index contributed by atoms with van der Waals surface area (Å²) in [5.41, 5.74) is 2.02. The number of para-hydroxylation sites is 1. The summed E-state index contributed by atoms with van der Waals surface area (Å²) in [6.45, 7) is 7.95. The van der Waals surface area contributed by atoms with E-state index in [2.05, 4.69) is 28.6 Å². The van der Waals surface area contributed by atoms with Gasteiger partial charge in [0.05, 0.1) is 11.6 Å². The number of esters is 1. The highest BCUT2D eigenvalue weighted by Crippen LogP contribution is 2.43. The highest BCUT2D eigenvalue weighted by atomic mass is 16.5. The number of nitrogens with zero attached hydrogens (tertiary/aromatic N) is 2. The number of hydrogen-bond acceptors (Lipinski definition) is 4. The fourth-order valence-electron chi connectivity index (χ4n) is 4.63. The monoisotopic (exact) mass is 350 g/mol. The third kappa shape index (κ3) is 3.03. The Labute approximate surface area is 154 Å². The van der Waals surface area contributed by atoms with Gasteiger partial charge in [-0.05, 0) is 43.4 Å². The fourth-order valence-corrected chi connectivity index (χ4v) is 4.63. The molecule has 26 heavy (non-hydrogen) atoms. The average Bonchev–Trinajstić information content (AvgIpc) is 2.71. The number of hydrogen-bond donors (Lipinski definition) is 0. The Morgan fingerprint density at radius 2 is 2.27 bits per heavy atom. The molecule has 0 saturated carbocycles. The van der Waals surface area contributed by atoms with Gasteiger partial charge >= 0.3 is 5.97 Å². The molecule has 4 heterocycles. The third-order valence-corrected chi connectivity index (χ3v) is 6.04. The predicted molar refractivity (Wildman–Crippen MR) is 103 cm³/mol. The van der Waals surface area contributed by atoms with Crippen LogP contribution in [0.3, 0.4) is 0 Å². The first-order valence-corrected chi connectivity index (χ1v) is 9.61. The van der Waals surface area contributed by atoms with E-state index in [0.29, 0.717) is 18.3 Å². The molecule has 0 N–H and O–H groups in total. The number of ether oxygens (including phenoxy) is 1. The zero-order chi connectivity index (χ0) is 18.1. The smallest absolute Gasteiger partial charge is 0.306 e. The van der Waals surface area contributed by atoms with Crippen molar-refractivity contribution in [2.75, 3.05) is 13.1 Å². The van der Waals surface area contributed by atoms with Crippen molar-refractivity contribution in [2.24, 2.45) is 11.8 Å². The molecule has 0 radical (unpaired) electrons. The number of benzene rings is 1. The Balaban J connectivity index is 1.73. The van der Waals surface area contributed by atoms with Crippen LogP contribution in [0.4, 0.5) is 0 Å². The zero-order valence-corrected chi connectivity index (χ0v) is 15.3. The lowest BCUT2D eigenvalue weighted by molar-refractivity contribution is -0.156. The van der Waals surface area contributed by atoms with Crippen LogP contribution in [0.2, 0.25) is 0 Å². The Morgan fingerprint density at radius 1 is 1.42 bits per heavy atom. The van der Waals surface area contributed by atoms with Crippen LogP contribution < -0.4 is 0 Å². The lowest BCUT2D eigenvalue weighted by atomic mass is 9.73. The van der Waals surface area contributed by atoms with E-state index in [1.807, 2.05) is 37.4 Å². The van der Waals surface area contributed by atoms with Gasteiger partial charge in [0, 0.05) is 30.1 Å². The first-order chi connectivity index (χ1) is 12.7. The van der Waals surface area contributed by atoms with Gasteiger partial charge in [0.25, 0.3) is 0 Å². The van der Waals surface area contributed by atoms with Gasteiger partial charge in [-0.25, -0.2) is 0 Å². The summed E-state index contributed by atoms with van der Waals surface area (Å²) in [5.74, 6) is 1.05. The molecule has 5 atom stereocenters. The van der Waals surface area contributed by atoms with Gasteiger partial charge in [0.2, 0.25) is 0 Å². The molecule has 3 aliphatic heterocycles. The molecule has 3 aliphatic rings. The second-order valence-corrected chi connectivity index (χ2v) is 7.43. The van der Waals surface area contributed by atoms with Crippen LogP contribution in [-0.2, 0) is 9.53 Å². The van der Waals surface area contributed by atoms with E-state index >= 15 is 0 Å². The first kappa shape index (κ1) is 17.2. The number of rotatable bonds is 5. The maximum Gasteiger partial charge on any atom is 0.306 e. The number of aromatic nitrogens is 1. The van der Waals surface area contributed by atoms with Crippen LogP contribution >= 0.6 is 0 Å². The Hall–Kier alpha value is -2.20. The summed E-state index contributed by atoms with van der Waals surface area (Å²) in [4.78, 5) is 19.2. The normalized spacial score (nSPS) is 28.7. The molecule has 3 saturated heterocycles. The highest BCUT2D eigenvalue weighted by molar-refractivity contribution is 5.82. The summed E-state index contributed by atoms with van der Waals surface area (Å²) in [5, 5.41) is 1.08. The van der Waals surface area contributed by atoms with Crippen molar-refractivity contribution >= 4 is 16.9 Å². The standard InChI is InChI=1S/C22H26N2O2/c1-3-15-14-24-12-10-16(15)13-20(24)22(26-21(25)4-2)18-9-11-23-19-8-6-5-7-17(18)19/h3,5-9,11,15-16,20,22H,1,4,10,12-14H2,2H3. The third-order valence-electron chi connectivity index (χ3n) is 6.04. The maximum absolute atomic E-state index is 12.2. The van der Waals surface area contributed by atoms with Crippen molar-refractivity contribution < 1.29 is 9.53 Å². The summed E-state index contributed by atoms with van der Waals surface area (Å²) >= 11 is 0. The van der Waals surface area contributed by atoms with Gasteiger partial charge in [-0.15, -0.1) is 6.58 Å². The van der Waals surface area contributed by atoms with Crippen molar-refractivity contribution in [1.82, 2.24) is 9.88 Å². The van der Waals surface area contributed by atoms with Gasteiger partial charge in [0.15, 0.2) is 0 Å². The van der Waals surface area contributed by atoms with Crippen molar-refractivity contribution in [1.29, 1.82) is 0 Å². The van der Waals surface area contributed by atoms with Crippen LogP contribution in [0, 0.1) is 11.8 Å². The van der Waals surface area contributed by atoms with Gasteiger partial charge in [-0.3, -0.25) is 14.7 Å². The van der Waals surface area contributed by atoms with Crippen molar-refractivity contribution in [3.63, 3.8) is 0 Å². The predicted octanol–water partition coefficient (Wildman–Crippen LogP) is 4.13. The molecule has 4 heteroatoms. The van der Waals surface area contributed by atoms with Gasteiger partial charge in [-0.1, -0.05) is 31.2 Å². The van der Waals surface area contributed by atoms with E-state index in [0.717, 1.165) is 36.0 Å². The van der Waals surface area contributed by atoms with Crippen molar-refractivity contribution in [3.05, 3.63) is 54.7 Å². The van der Waals surface area contributed by atoms with Crippen LogP contribution in [0.5, 0.6) is 0 Å². The van der Waals surface area contributed by atoms with Crippen LogP contribution in [-0.4, -0.2) is 35.0 Å². The minimum atomic E-state index is -0.246. The molecular formula is C22H26N2O2. The topological polar surface area (TPSA) is 42.4 Å². The van der Waals surface area contributed by atoms with Gasteiger partial charge in [-0.2, -0.15) is 0 Å². The minimum Gasteiger partial charge on any atom is -0.456 e. The van der Waals surface area contributed by atoms with Crippen LogP contribution in [0.1, 0.15) is 37.9 Å². The molecule has 136 valence electrons. The molecule has 5 unspecified atom stereocenters. The molecule has 4 nitrogen and oxygen atoms in total. The number of pyridine rings is 1. The summed E-state index contributed by atoms with van der Waals surface area (Å²) in [7, 11) is 0. The van der Waals surface area contributed by atoms with E-state index < -0.39 is 0 Å². The largest absolute Gasteiger partial charge is 0.456 e. The van der Waals surface area contributed by atoms with Crippen molar-refractivity contribution in [2.45, 2.75) is 38.3 Å². The fraction of sp³-hybridized carbons (Fsp3) is 0.455. The average molecular weight is 350 g/mol. The quantitative estimate of drug-likeness (QED) is 0.601. The Kier molecular flexibility index (Phi) is 4.77. The van der Waals surface area contributed by atoms with Crippen LogP contribution in [0.25, 0.3) is 10.9 Å². The molecule has 0 spiro atoms. The lowest BCUT2D eigenvalue weighted by Gasteiger charge is -2.51. The zero-order valence-electron chi connectivity index (χ0n) is 15.3. The summed E-state index contributed by atoms with van der Waals surface area (Å²) < 4.78 is 6.02. The lowest BCUT2D eigenvalue weighted by Crippen LogP contribution is -2.55. The second kappa shape index (κ2) is 7.20. The van der Waals surface area contributed by atoms with Crippen molar-refractivity contribution in [3.8, 4) is 0 Å². The highest BCUT2D eigenvalue weighted by Gasteiger charge is 2.44. The van der Waals surface area contributed by atoms with E-state index in [1.54, 1.807) is 0 Å². The summed E-state index contributed by atoms with van der Waals surface area (Å²) in [6.07, 6.45) is 6.33. The Bertz CT molecular complexity index is 813. The van der Waals surface area contributed by atoms with E-state index in [4.69, 9.17) is 4.74 Å². The number of fused-ring (bicyclic) bond motifs is 4. The number of carbonyl (C=O) groups excluding carboxylic acids is 1. The number of carbonyl (C=O) groups is 1. The first-order valence-electron chi connectivity index (χ1n) is 9.61. The molecule has 3 fully saturated rings. The molecule has 0 aliphatic carbocycles. The summed E-state index contributed by atoms with van der Waals surface area (Å²) in [6, 6.07) is 10.3. The molecule has 2 aromatic rings. The molecule has 1 aromatic heterocycles. The van der Waals surface area contributed by atoms with Gasteiger partial charge in [0.1, 0.15) is 6.10 Å². The van der Waals surface area contributed by atoms with E-state index in [1.165, 1.54) is 6.42 Å². The Morgan fingerprint density at radius 3 is 3.00 bits per heavy atom. The van der Waals surface area contributed by atoms with Crippen LogP contribution in [0.15, 0.2) is 49.2 Å². The molecule has 1 aromatic carbocycles.